The molecule has 2 unspecified atom stereocenters. The van der Waals surface area contributed by atoms with Crippen molar-refractivity contribution in [2.75, 3.05) is 13.1 Å². The highest BCUT2D eigenvalue weighted by atomic mass is 79.9. The maximum absolute atomic E-state index is 3.52. The van der Waals surface area contributed by atoms with Crippen molar-refractivity contribution in [3.63, 3.8) is 0 Å². The minimum atomic E-state index is 0.699. The third kappa shape index (κ3) is 3.75. The van der Waals surface area contributed by atoms with E-state index in [2.05, 4.69) is 82.4 Å². The molecule has 21 heavy (non-hydrogen) atoms. The van der Waals surface area contributed by atoms with E-state index >= 15 is 0 Å². The predicted octanol–water partition coefficient (Wildman–Crippen LogP) is 5.07. The molecule has 0 saturated carbocycles. The quantitative estimate of drug-likeness (QED) is 0.751. The Morgan fingerprint density at radius 1 is 1.05 bits per heavy atom. The lowest BCUT2D eigenvalue weighted by Crippen LogP contribution is -2.37. The maximum atomic E-state index is 3.52. The fourth-order valence-electron chi connectivity index (χ4n) is 3.42. The maximum Gasteiger partial charge on any atom is 0.0233 e. The molecule has 0 N–H and O–H groups in total. The molecule has 1 aliphatic heterocycles. The van der Waals surface area contributed by atoms with Crippen LogP contribution in [0.1, 0.15) is 30.4 Å². The van der Waals surface area contributed by atoms with Crippen LogP contribution in [0.15, 0.2) is 59.1 Å². The normalized spacial score (nSPS) is 23.1. The summed E-state index contributed by atoms with van der Waals surface area (Å²) in [5.74, 6) is 1.41. The van der Waals surface area contributed by atoms with Crippen LogP contribution in [0.3, 0.4) is 0 Å². The fourth-order valence-corrected chi connectivity index (χ4v) is 3.69. The van der Waals surface area contributed by atoms with Gasteiger partial charge in [-0.15, -0.1) is 0 Å². The Hall–Kier alpha value is -1.12. The Morgan fingerprint density at radius 3 is 2.43 bits per heavy atom. The summed E-state index contributed by atoms with van der Waals surface area (Å²) in [5.41, 5.74) is 2.91. The lowest BCUT2D eigenvalue weighted by Gasteiger charge is -2.37. The van der Waals surface area contributed by atoms with Crippen molar-refractivity contribution in [3.8, 4) is 0 Å². The van der Waals surface area contributed by atoms with Gasteiger partial charge in [0.05, 0.1) is 0 Å². The van der Waals surface area contributed by atoms with E-state index in [1.165, 1.54) is 35.1 Å². The third-order valence-corrected chi connectivity index (χ3v) is 5.07. The van der Waals surface area contributed by atoms with Gasteiger partial charge in [0.15, 0.2) is 0 Å². The van der Waals surface area contributed by atoms with E-state index in [1.807, 2.05) is 0 Å². The minimum Gasteiger partial charge on any atom is -0.299 e. The Kier molecular flexibility index (Phi) is 4.77. The third-order valence-electron chi connectivity index (χ3n) is 4.54. The summed E-state index contributed by atoms with van der Waals surface area (Å²) in [6, 6.07) is 19.7. The molecule has 110 valence electrons. The van der Waals surface area contributed by atoms with Crippen LogP contribution < -0.4 is 0 Å². The molecule has 0 radical (unpaired) electrons. The number of piperidine rings is 1. The molecule has 1 nitrogen and oxygen atoms in total. The number of benzene rings is 2. The van der Waals surface area contributed by atoms with Gasteiger partial charge in [0, 0.05) is 17.6 Å². The molecular weight excluding hydrogens is 322 g/mol. The molecule has 1 saturated heterocycles. The number of rotatable bonds is 3. The van der Waals surface area contributed by atoms with Gasteiger partial charge in [0.2, 0.25) is 0 Å². The Morgan fingerprint density at radius 2 is 1.76 bits per heavy atom. The summed E-state index contributed by atoms with van der Waals surface area (Å²) >= 11 is 3.52. The first kappa shape index (κ1) is 14.8. The van der Waals surface area contributed by atoms with Gasteiger partial charge in [0.25, 0.3) is 0 Å². The minimum absolute atomic E-state index is 0.699. The van der Waals surface area contributed by atoms with Crippen molar-refractivity contribution in [3.05, 3.63) is 70.2 Å². The molecule has 2 atom stereocenters. The summed E-state index contributed by atoms with van der Waals surface area (Å²) in [7, 11) is 0. The SMILES string of the molecule is CC1CN(Cc2ccccc2)CCC1c1ccc(Br)cc1. The van der Waals surface area contributed by atoms with Gasteiger partial charge in [-0.25, -0.2) is 0 Å². The molecule has 2 heteroatoms. The van der Waals surface area contributed by atoms with Crippen molar-refractivity contribution < 1.29 is 0 Å². The fraction of sp³-hybridized carbons (Fsp3) is 0.368. The van der Waals surface area contributed by atoms with Crippen molar-refractivity contribution in [1.82, 2.24) is 4.90 Å². The zero-order chi connectivity index (χ0) is 14.7. The average Bonchev–Trinajstić information content (AvgIpc) is 2.50. The molecular formula is C19H22BrN. The Balaban J connectivity index is 1.63. The highest BCUT2D eigenvalue weighted by Gasteiger charge is 2.27. The first-order valence-electron chi connectivity index (χ1n) is 7.74. The first-order valence-corrected chi connectivity index (χ1v) is 8.53. The van der Waals surface area contributed by atoms with Gasteiger partial charge in [-0.05, 0) is 48.1 Å². The highest BCUT2D eigenvalue weighted by molar-refractivity contribution is 9.10. The van der Waals surface area contributed by atoms with E-state index in [-0.39, 0.29) is 0 Å². The number of halogens is 1. The smallest absolute Gasteiger partial charge is 0.0233 e. The number of hydrogen-bond donors (Lipinski definition) is 0. The van der Waals surface area contributed by atoms with E-state index in [0.717, 1.165) is 6.54 Å². The molecule has 0 bridgehead atoms. The van der Waals surface area contributed by atoms with Gasteiger partial charge in [-0.1, -0.05) is 65.3 Å². The van der Waals surface area contributed by atoms with E-state index in [4.69, 9.17) is 0 Å². The molecule has 1 aliphatic rings. The van der Waals surface area contributed by atoms with Gasteiger partial charge in [-0.2, -0.15) is 0 Å². The van der Waals surface area contributed by atoms with Crippen molar-refractivity contribution >= 4 is 15.9 Å². The molecule has 0 aromatic heterocycles. The molecule has 0 aliphatic carbocycles. The summed E-state index contributed by atoms with van der Waals surface area (Å²) in [4.78, 5) is 2.59. The van der Waals surface area contributed by atoms with Crippen LogP contribution in [0.4, 0.5) is 0 Å². The molecule has 1 fully saturated rings. The monoisotopic (exact) mass is 343 g/mol. The Bertz CT molecular complexity index is 564. The zero-order valence-electron chi connectivity index (χ0n) is 12.5. The van der Waals surface area contributed by atoms with Gasteiger partial charge >= 0.3 is 0 Å². The van der Waals surface area contributed by atoms with Gasteiger partial charge in [-0.3, -0.25) is 4.90 Å². The number of hydrogen-bond acceptors (Lipinski definition) is 1. The highest BCUT2D eigenvalue weighted by Crippen LogP contribution is 2.33. The van der Waals surface area contributed by atoms with Crippen LogP contribution in [0.5, 0.6) is 0 Å². The second-order valence-electron chi connectivity index (χ2n) is 6.14. The Labute approximate surface area is 136 Å². The van der Waals surface area contributed by atoms with Crippen LogP contribution in [-0.4, -0.2) is 18.0 Å². The molecule has 2 aromatic carbocycles. The summed E-state index contributed by atoms with van der Waals surface area (Å²) in [5, 5.41) is 0. The van der Waals surface area contributed by atoms with E-state index in [9.17, 15) is 0 Å². The van der Waals surface area contributed by atoms with E-state index < -0.39 is 0 Å². The lowest BCUT2D eigenvalue weighted by molar-refractivity contribution is 0.156. The van der Waals surface area contributed by atoms with Crippen LogP contribution in [0.25, 0.3) is 0 Å². The first-order chi connectivity index (χ1) is 10.2. The van der Waals surface area contributed by atoms with E-state index in [0.29, 0.717) is 11.8 Å². The average molecular weight is 344 g/mol. The molecule has 1 heterocycles. The van der Waals surface area contributed by atoms with Crippen LogP contribution in [0, 0.1) is 5.92 Å². The summed E-state index contributed by atoms with van der Waals surface area (Å²) in [6.07, 6.45) is 1.26. The number of likely N-dealkylation sites (tertiary alicyclic amines) is 1. The molecule has 0 spiro atoms. The lowest BCUT2D eigenvalue weighted by atomic mass is 9.81. The largest absolute Gasteiger partial charge is 0.299 e. The van der Waals surface area contributed by atoms with E-state index in [1.54, 1.807) is 0 Å². The van der Waals surface area contributed by atoms with Crippen molar-refractivity contribution in [2.45, 2.75) is 25.8 Å². The zero-order valence-corrected chi connectivity index (χ0v) is 14.1. The molecule has 2 aromatic rings. The molecule has 3 rings (SSSR count). The number of nitrogens with zero attached hydrogens (tertiary/aromatic N) is 1. The van der Waals surface area contributed by atoms with Crippen LogP contribution in [-0.2, 0) is 6.54 Å². The topological polar surface area (TPSA) is 3.24 Å². The summed E-state index contributed by atoms with van der Waals surface area (Å²) < 4.78 is 1.17. The van der Waals surface area contributed by atoms with Gasteiger partial charge in [0.1, 0.15) is 0 Å². The second-order valence-corrected chi connectivity index (χ2v) is 7.06. The standard InChI is InChI=1S/C19H22BrN/c1-15-13-21(14-16-5-3-2-4-6-16)12-11-19(15)17-7-9-18(20)10-8-17/h2-10,15,19H,11-14H2,1H3. The summed E-state index contributed by atoms with van der Waals surface area (Å²) in [6.45, 7) is 5.86. The second kappa shape index (κ2) is 6.76. The predicted molar refractivity (Wildman–Crippen MR) is 92.4 cm³/mol. The van der Waals surface area contributed by atoms with Crippen molar-refractivity contribution in [2.24, 2.45) is 5.92 Å². The molecule has 0 amide bonds. The van der Waals surface area contributed by atoms with Crippen LogP contribution in [0.2, 0.25) is 0 Å². The van der Waals surface area contributed by atoms with Crippen molar-refractivity contribution in [1.29, 1.82) is 0 Å². The van der Waals surface area contributed by atoms with Gasteiger partial charge < -0.3 is 0 Å². The van der Waals surface area contributed by atoms with Crippen LogP contribution >= 0.6 is 15.9 Å².